The van der Waals surface area contributed by atoms with Crippen LogP contribution in [0.3, 0.4) is 0 Å². The fraction of sp³-hybridized carbons (Fsp3) is 0.429. The van der Waals surface area contributed by atoms with Gasteiger partial charge < -0.3 is 15.3 Å². The van der Waals surface area contributed by atoms with Gasteiger partial charge in [-0.25, -0.2) is 4.79 Å². The standard InChI is InChI=1S/C14H20N2O3S/c1-4-10(2)16(9-13(17)18)14(19)15-11-6-5-7-12(8-11)20-3/h5-8,10H,4,9H2,1-3H3,(H,15,19)(H,17,18). The molecular formula is C14H20N2O3S. The Bertz CT molecular complexity index is 479. The van der Waals surface area contributed by atoms with Gasteiger partial charge in [-0.3, -0.25) is 4.79 Å². The summed E-state index contributed by atoms with van der Waals surface area (Å²) in [5, 5.41) is 11.6. The van der Waals surface area contributed by atoms with Crippen LogP contribution in [0, 0.1) is 0 Å². The van der Waals surface area contributed by atoms with E-state index in [1.165, 1.54) is 4.90 Å². The summed E-state index contributed by atoms with van der Waals surface area (Å²) in [7, 11) is 0. The molecule has 0 radical (unpaired) electrons. The van der Waals surface area contributed by atoms with Crippen LogP contribution in [0.5, 0.6) is 0 Å². The predicted molar refractivity (Wildman–Crippen MR) is 81.3 cm³/mol. The number of urea groups is 1. The number of aliphatic carboxylic acids is 1. The molecule has 1 rings (SSSR count). The fourth-order valence-electron chi connectivity index (χ4n) is 1.69. The second-order valence-corrected chi connectivity index (χ2v) is 5.32. The van der Waals surface area contributed by atoms with E-state index in [0.29, 0.717) is 12.1 Å². The number of amides is 2. The van der Waals surface area contributed by atoms with Gasteiger partial charge in [-0.15, -0.1) is 11.8 Å². The summed E-state index contributed by atoms with van der Waals surface area (Å²) in [5.41, 5.74) is 0.667. The van der Waals surface area contributed by atoms with Crippen LogP contribution >= 0.6 is 11.8 Å². The van der Waals surface area contributed by atoms with Crippen molar-refractivity contribution in [3.05, 3.63) is 24.3 Å². The number of hydrogen-bond acceptors (Lipinski definition) is 3. The average molecular weight is 296 g/mol. The molecule has 110 valence electrons. The molecule has 1 aromatic carbocycles. The van der Waals surface area contributed by atoms with E-state index in [0.717, 1.165) is 4.90 Å². The van der Waals surface area contributed by atoms with Crippen LogP contribution in [0.2, 0.25) is 0 Å². The van der Waals surface area contributed by atoms with Gasteiger partial charge in [0, 0.05) is 16.6 Å². The molecule has 1 atom stereocenters. The van der Waals surface area contributed by atoms with E-state index in [2.05, 4.69) is 5.32 Å². The Kier molecular flexibility index (Phi) is 6.38. The second kappa shape index (κ2) is 7.79. The van der Waals surface area contributed by atoms with Gasteiger partial charge in [0.1, 0.15) is 6.54 Å². The Balaban J connectivity index is 2.81. The van der Waals surface area contributed by atoms with Gasteiger partial charge in [0.25, 0.3) is 0 Å². The third-order valence-corrected chi connectivity index (χ3v) is 3.74. The van der Waals surface area contributed by atoms with Gasteiger partial charge in [-0.2, -0.15) is 0 Å². The molecule has 5 nitrogen and oxygen atoms in total. The lowest BCUT2D eigenvalue weighted by atomic mass is 10.2. The highest BCUT2D eigenvalue weighted by molar-refractivity contribution is 7.98. The number of nitrogens with one attached hydrogen (secondary N) is 1. The predicted octanol–water partition coefficient (Wildman–Crippen LogP) is 3.13. The zero-order valence-electron chi connectivity index (χ0n) is 11.9. The fourth-order valence-corrected chi connectivity index (χ4v) is 2.15. The van der Waals surface area contributed by atoms with E-state index in [1.807, 2.05) is 38.3 Å². The van der Waals surface area contributed by atoms with Gasteiger partial charge in [-0.1, -0.05) is 13.0 Å². The first kappa shape index (κ1) is 16.4. The lowest BCUT2D eigenvalue weighted by molar-refractivity contribution is -0.138. The van der Waals surface area contributed by atoms with Gasteiger partial charge in [0.15, 0.2) is 0 Å². The van der Waals surface area contributed by atoms with Crippen molar-refractivity contribution in [2.75, 3.05) is 18.1 Å². The summed E-state index contributed by atoms with van der Waals surface area (Å²) in [4.78, 5) is 25.4. The van der Waals surface area contributed by atoms with E-state index in [9.17, 15) is 9.59 Å². The summed E-state index contributed by atoms with van der Waals surface area (Å²) < 4.78 is 0. The molecule has 1 unspecified atom stereocenters. The number of thioether (sulfide) groups is 1. The number of rotatable bonds is 6. The van der Waals surface area contributed by atoms with Crippen LogP contribution in [-0.4, -0.2) is 40.8 Å². The lowest BCUT2D eigenvalue weighted by Gasteiger charge is -2.27. The van der Waals surface area contributed by atoms with Crippen LogP contribution in [0.4, 0.5) is 10.5 Å². The molecule has 0 aliphatic heterocycles. The maximum absolute atomic E-state index is 12.2. The molecule has 0 aromatic heterocycles. The monoisotopic (exact) mass is 296 g/mol. The van der Waals surface area contributed by atoms with Crippen LogP contribution in [0.25, 0.3) is 0 Å². The van der Waals surface area contributed by atoms with Crippen LogP contribution in [0.1, 0.15) is 20.3 Å². The Morgan fingerprint density at radius 3 is 2.70 bits per heavy atom. The number of benzene rings is 1. The Morgan fingerprint density at radius 2 is 2.15 bits per heavy atom. The second-order valence-electron chi connectivity index (χ2n) is 4.44. The quantitative estimate of drug-likeness (QED) is 0.791. The topological polar surface area (TPSA) is 69.6 Å². The molecule has 1 aromatic rings. The van der Waals surface area contributed by atoms with Crippen LogP contribution in [-0.2, 0) is 4.79 Å². The Morgan fingerprint density at radius 1 is 1.45 bits per heavy atom. The molecule has 0 aliphatic rings. The zero-order chi connectivity index (χ0) is 15.1. The van der Waals surface area contributed by atoms with E-state index in [-0.39, 0.29) is 18.6 Å². The van der Waals surface area contributed by atoms with E-state index in [4.69, 9.17) is 5.11 Å². The Labute approximate surface area is 123 Å². The van der Waals surface area contributed by atoms with E-state index < -0.39 is 5.97 Å². The number of hydrogen-bond donors (Lipinski definition) is 2. The zero-order valence-corrected chi connectivity index (χ0v) is 12.7. The minimum Gasteiger partial charge on any atom is -0.480 e. The van der Waals surface area contributed by atoms with Crippen molar-refractivity contribution in [3.8, 4) is 0 Å². The molecule has 2 N–H and O–H groups in total. The van der Waals surface area contributed by atoms with Crippen molar-refractivity contribution in [2.24, 2.45) is 0 Å². The summed E-state index contributed by atoms with van der Waals surface area (Å²) in [6, 6.07) is 6.93. The minimum atomic E-state index is -1.02. The van der Waals surface area contributed by atoms with Gasteiger partial charge in [0.05, 0.1) is 0 Å². The largest absolute Gasteiger partial charge is 0.480 e. The number of carboxylic acid groups (broad SMARTS) is 1. The average Bonchev–Trinajstić information content (AvgIpc) is 2.43. The SMILES string of the molecule is CCC(C)N(CC(=O)O)C(=O)Nc1cccc(SC)c1. The number of carbonyl (C=O) groups excluding carboxylic acids is 1. The summed E-state index contributed by atoms with van der Waals surface area (Å²) in [6.45, 7) is 3.45. The molecule has 0 spiro atoms. The molecule has 0 aliphatic carbocycles. The highest BCUT2D eigenvalue weighted by Gasteiger charge is 2.21. The third kappa shape index (κ3) is 4.77. The van der Waals surface area contributed by atoms with Gasteiger partial charge in [-0.05, 0) is 37.8 Å². The van der Waals surface area contributed by atoms with Gasteiger partial charge in [0.2, 0.25) is 0 Å². The highest BCUT2D eigenvalue weighted by atomic mass is 32.2. The highest BCUT2D eigenvalue weighted by Crippen LogP contribution is 2.19. The first-order valence-electron chi connectivity index (χ1n) is 6.41. The van der Waals surface area contributed by atoms with Crippen molar-refractivity contribution in [2.45, 2.75) is 31.2 Å². The molecule has 0 saturated heterocycles. The van der Waals surface area contributed by atoms with Crippen molar-refractivity contribution in [1.29, 1.82) is 0 Å². The number of carbonyl (C=O) groups is 2. The van der Waals surface area contributed by atoms with Crippen LogP contribution in [0.15, 0.2) is 29.2 Å². The molecule has 0 saturated carbocycles. The number of anilines is 1. The summed E-state index contributed by atoms with van der Waals surface area (Å²) in [5.74, 6) is -1.02. The summed E-state index contributed by atoms with van der Waals surface area (Å²) in [6.07, 6.45) is 2.66. The van der Waals surface area contributed by atoms with E-state index >= 15 is 0 Å². The van der Waals surface area contributed by atoms with Crippen molar-refractivity contribution in [1.82, 2.24) is 4.90 Å². The third-order valence-electron chi connectivity index (χ3n) is 3.01. The molecule has 6 heteroatoms. The molecule has 2 amide bonds. The molecule has 0 bridgehead atoms. The molecule has 0 fully saturated rings. The first-order valence-corrected chi connectivity index (χ1v) is 7.63. The lowest BCUT2D eigenvalue weighted by Crippen LogP contribution is -2.44. The van der Waals surface area contributed by atoms with Gasteiger partial charge >= 0.3 is 12.0 Å². The normalized spacial score (nSPS) is 11.8. The Hall–Kier alpha value is -1.69. The molecular weight excluding hydrogens is 276 g/mol. The first-order chi connectivity index (χ1) is 9.47. The van der Waals surface area contributed by atoms with Crippen molar-refractivity contribution < 1.29 is 14.7 Å². The number of nitrogens with zero attached hydrogens (tertiary/aromatic N) is 1. The smallest absolute Gasteiger partial charge is 0.323 e. The van der Waals surface area contributed by atoms with E-state index in [1.54, 1.807) is 17.8 Å². The summed E-state index contributed by atoms with van der Waals surface area (Å²) >= 11 is 1.58. The van der Waals surface area contributed by atoms with Crippen molar-refractivity contribution in [3.63, 3.8) is 0 Å². The maximum atomic E-state index is 12.2. The van der Waals surface area contributed by atoms with Crippen LogP contribution < -0.4 is 5.32 Å². The minimum absolute atomic E-state index is 0.130. The number of carboxylic acids is 1. The molecule has 0 heterocycles. The van der Waals surface area contributed by atoms with Crippen molar-refractivity contribution >= 4 is 29.4 Å². The maximum Gasteiger partial charge on any atom is 0.323 e. The molecule has 20 heavy (non-hydrogen) atoms.